The average Bonchev–Trinajstić information content (AvgIpc) is 1.82. The summed E-state index contributed by atoms with van der Waals surface area (Å²) in [7, 11) is 0. The Hall–Kier alpha value is -0.290. The lowest BCUT2D eigenvalue weighted by Crippen LogP contribution is -2.32. The zero-order chi connectivity index (χ0) is 10.7. The van der Waals surface area contributed by atoms with Crippen LogP contribution in [0.3, 0.4) is 0 Å². The SMILES string of the molecule is CC(C)(C)C(O)COCC(F)(F)F. The number of aliphatic hydroxyl groups is 1. The van der Waals surface area contributed by atoms with Gasteiger partial charge in [0, 0.05) is 0 Å². The Kier molecular flexibility index (Phi) is 4.19. The Balaban J connectivity index is 3.67. The smallest absolute Gasteiger partial charge is 0.390 e. The molecule has 0 aliphatic heterocycles. The summed E-state index contributed by atoms with van der Waals surface area (Å²) in [5.74, 6) is 0. The average molecular weight is 200 g/mol. The summed E-state index contributed by atoms with van der Waals surface area (Å²) >= 11 is 0. The van der Waals surface area contributed by atoms with Crippen molar-refractivity contribution in [2.24, 2.45) is 5.41 Å². The molecule has 0 heterocycles. The number of hydrogen-bond acceptors (Lipinski definition) is 2. The Morgan fingerprint density at radius 1 is 1.23 bits per heavy atom. The second-order valence-corrected chi connectivity index (χ2v) is 4.01. The molecule has 1 unspecified atom stereocenters. The highest BCUT2D eigenvalue weighted by molar-refractivity contribution is 4.71. The summed E-state index contributed by atoms with van der Waals surface area (Å²) in [6.45, 7) is 3.60. The van der Waals surface area contributed by atoms with Crippen LogP contribution in [-0.4, -0.2) is 30.6 Å². The van der Waals surface area contributed by atoms with Gasteiger partial charge < -0.3 is 9.84 Å². The van der Waals surface area contributed by atoms with Gasteiger partial charge in [0.2, 0.25) is 0 Å². The zero-order valence-electron chi connectivity index (χ0n) is 7.98. The summed E-state index contributed by atoms with van der Waals surface area (Å²) in [4.78, 5) is 0. The third-order valence-electron chi connectivity index (χ3n) is 1.54. The Morgan fingerprint density at radius 2 is 1.69 bits per heavy atom. The van der Waals surface area contributed by atoms with Crippen LogP contribution in [0.15, 0.2) is 0 Å². The summed E-state index contributed by atoms with van der Waals surface area (Å²) in [5, 5.41) is 9.29. The fourth-order valence-corrected chi connectivity index (χ4v) is 0.536. The van der Waals surface area contributed by atoms with E-state index in [0.717, 1.165) is 0 Å². The standard InChI is InChI=1S/C8H15F3O2/c1-7(2,3)6(12)4-13-5-8(9,10)11/h6,12H,4-5H2,1-3H3. The van der Waals surface area contributed by atoms with Crippen LogP contribution in [0.25, 0.3) is 0 Å². The first-order valence-electron chi connectivity index (χ1n) is 3.95. The van der Waals surface area contributed by atoms with Crippen molar-refractivity contribution in [3.8, 4) is 0 Å². The van der Waals surface area contributed by atoms with Crippen molar-refractivity contribution in [2.45, 2.75) is 33.1 Å². The third-order valence-corrected chi connectivity index (χ3v) is 1.54. The minimum absolute atomic E-state index is 0.289. The van der Waals surface area contributed by atoms with E-state index in [1.54, 1.807) is 20.8 Å². The summed E-state index contributed by atoms with van der Waals surface area (Å²) in [6, 6.07) is 0. The van der Waals surface area contributed by atoms with E-state index in [0.29, 0.717) is 0 Å². The van der Waals surface area contributed by atoms with Crippen LogP contribution < -0.4 is 0 Å². The van der Waals surface area contributed by atoms with Gasteiger partial charge in [-0.1, -0.05) is 20.8 Å². The number of hydrogen-bond donors (Lipinski definition) is 1. The number of halogens is 3. The number of alkyl halides is 3. The van der Waals surface area contributed by atoms with Gasteiger partial charge in [-0.3, -0.25) is 0 Å². The normalized spacial score (nSPS) is 15.9. The largest absolute Gasteiger partial charge is 0.411 e. The molecule has 0 amide bonds. The molecule has 0 saturated carbocycles. The first-order valence-corrected chi connectivity index (χ1v) is 3.95. The number of aliphatic hydroxyl groups excluding tert-OH is 1. The van der Waals surface area contributed by atoms with E-state index < -0.39 is 24.3 Å². The Morgan fingerprint density at radius 3 is 2.00 bits per heavy atom. The fraction of sp³-hybridized carbons (Fsp3) is 1.00. The van der Waals surface area contributed by atoms with Crippen LogP contribution in [0.4, 0.5) is 13.2 Å². The summed E-state index contributed by atoms with van der Waals surface area (Å²) < 4.78 is 39.1. The lowest BCUT2D eigenvalue weighted by molar-refractivity contribution is -0.182. The minimum atomic E-state index is -4.32. The topological polar surface area (TPSA) is 29.5 Å². The van der Waals surface area contributed by atoms with Gasteiger partial charge >= 0.3 is 6.18 Å². The lowest BCUT2D eigenvalue weighted by Gasteiger charge is -2.25. The maximum absolute atomic E-state index is 11.6. The maximum Gasteiger partial charge on any atom is 0.411 e. The van der Waals surface area contributed by atoms with Crippen LogP contribution in [0.2, 0.25) is 0 Å². The van der Waals surface area contributed by atoms with Crippen LogP contribution in [-0.2, 0) is 4.74 Å². The van der Waals surface area contributed by atoms with Crippen molar-refractivity contribution in [2.75, 3.05) is 13.2 Å². The highest BCUT2D eigenvalue weighted by Crippen LogP contribution is 2.20. The van der Waals surface area contributed by atoms with Gasteiger partial charge in [0.25, 0.3) is 0 Å². The maximum atomic E-state index is 11.6. The van der Waals surface area contributed by atoms with Crippen LogP contribution in [0.1, 0.15) is 20.8 Å². The molecule has 0 aliphatic rings. The van der Waals surface area contributed by atoms with E-state index in [2.05, 4.69) is 4.74 Å². The van der Waals surface area contributed by atoms with Gasteiger partial charge in [-0.2, -0.15) is 13.2 Å². The molecule has 0 bridgehead atoms. The lowest BCUT2D eigenvalue weighted by atomic mass is 9.90. The van der Waals surface area contributed by atoms with Gasteiger partial charge in [-0.25, -0.2) is 0 Å². The molecule has 0 radical (unpaired) electrons. The van der Waals surface area contributed by atoms with Crippen molar-refractivity contribution >= 4 is 0 Å². The predicted octanol–water partition coefficient (Wildman–Crippen LogP) is 1.97. The Labute approximate surface area is 75.7 Å². The molecule has 5 heteroatoms. The second kappa shape index (κ2) is 4.28. The summed E-state index contributed by atoms with van der Waals surface area (Å²) in [6.07, 6.45) is -5.20. The molecule has 0 aromatic heterocycles. The molecule has 0 aromatic rings. The molecular weight excluding hydrogens is 185 g/mol. The van der Waals surface area contributed by atoms with E-state index in [9.17, 15) is 18.3 Å². The Bertz CT molecular complexity index is 148. The van der Waals surface area contributed by atoms with E-state index in [1.165, 1.54) is 0 Å². The molecule has 0 spiro atoms. The van der Waals surface area contributed by atoms with Crippen molar-refractivity contribution in [3.05, 3.63) is 0 Å². The molecule has 1 N–H and O–H groups in total. The molecule has 80 valence electrons. The molecule has 0 aromatic carbocycles. The van der Waals surface area contributed by atoms with E-state index in [1.807, 2.05) is 0 Å². The van der Waals surface area contributed by atoms with Crippen LogP contribution in [0.5, 0.6) is 0 Å². The van der Waals surface area contributed by atoms with Crippen LogP contribution >= 0.6 is 0 Å². The molecule has 0 aliphatic carbocycles. The van der Waals surface area contributed by atoms with E-state index >= 15 is 0 Å². The van der Waals surface area contributed by atoms with Gasteiger partial charge in [-0.05, 0) is 5.41 Å². The molecule has 0 saturated heterocycles. The fourth-order valence-electron chi connectivity index (χ4n) is 0.536. The molecule has 2 nitrogen and oxygen atoms in total. The van der Waals surface area contributed by atoms with E-state index in [-0.39, 0.29) is 6.61 Å². The van der Waals surface area contributed by atoms with Crippen LogP contribution in [0, 0.1) is 5.41 Å². The van der Waals surface area contributed by atoms with Crippen molar-refractivity contribution < 1.29 is 23.0 Å². The first-order chi connectivity index (χ1) is 5.63. The highest BCUT2D eigenvalue weighted by Gasteiger charge is 2.29. The van der Waals surface area contributed by atoms with Crippen molar-refractivity contribution in [1.29, 1.82) is 0 Å². The predicted molar refractivity (Wildman–Crippen MR) is 42.3 cm³/mol. The van der Waals surface area contributed by atoms with Gasteiger partial charge in [0.15, 0.2) is 0 Å². The second-order valence-electron chi connectivity index (χ2n) is 4.01. The van der Waals surface area contributed by atoms with Crippen molar-refractivity contribution in [1.82, 2.24) is 0 Å². The van der Waals surface area contributed by atoms with E-state index in [4.69, 9.17) is 0 Å². The molecule has 13 heavy (non-hydrogen) atoms. The first kappa shape index (κ1) is 12.7. The molecular formula is C8H15F3O2. The molecule has 0 rings (SSSR count). The third kappa shape index (κ3) is 6.83. The zero-order valence-corrected chi connectivity index (χ0v) is 7.98. The monoisotopic (exact) mass is 200 g/mol. The number of rotatable bonds is 3. The quantitative estimate of drug-likeness (QED) is 0.754. The number of ether oxygens (including phenoxy) is 1. The van der Waals surface area contributed by atoms with Gasteiger partial charge in [-0.15, -0.1) is 0 Å². The highest BCUT2D eigenvalue weighted by atomic mass is 19.4. The minimum Gasteiger partial charge on any atom is -0.390 e. The molecule has 1 atom stereocenters. The molecule has 0 fully saturated rings. The van der Waals surface area contributed by atoms with Gasteiger partial charge in [0.1, 0.15) is 6.61 Å². The van der Waals surface area contributed by atoms with Gasteiger partial charge in [0.05, 0.1) is 12.7 Å². The van der Waals surface area contributed by atoms with Crippen molar-refractivity contribution in [3.63, 3.8) is 0 Å². The summed E-state index contributed by atoms with van der Waals surface area (Å²) in [5.41, 5.74) is -0.453.